The second-order valence-electron chi connectivity index (χ2n) is 5.96. The van der Waals surface area contributed by atoms with Crippen LogP contribution in [0.1, 0.15) is 42.0 Å². The topological polar surface area (TPSA) is 50.7 Å². The van der Waals surface area contributed by atoms with Crippen molar-refractivity contribution in [1.29, 1.82) is 0 Å². The van der Waals surface area contributed by atoms with Gasteiger partial charge >= 0.3 is 0 Å². The lowest BCUT2D eigenvalue weighted by molar-refractivity contribution is 0.146. The maximum atomic E-state index is 14.4. The minimum Gasteiger partial charge on any atom is -0.363 e. The molecule has 0 saturated carbocycles. The fourth-order valence-electron chi connectivity index (χ4n) is 2.82. The maximum absolute atomic E-state index is 14.4. The third-order valence-corrected chi connectivity index (χ3v) is 4.05. The van der Waals surface area contributed by atoms with Gasteiger partial charge in [-0.25, -0.2) is 28.1 Å². The molecule has 1 N–H and O–H groups in total. The molecule has 0 aliphatic heterocycles. The Bertz CT molecular complexity index is 975. The normalized spacial score (nSPS) is 12.6. The van der Waals surface area contributed by atoms with Crippen LogP contribution in [0.25, 0.3) is 10.9 Å². The van der Waals surface area contributed by atoms with E-state index in [0.717, 1.165) is 6.07 Å². The van der Waals surface area contributed by atoms with E-state index in [4.69, 9.17) is 0 Å². The molecule has 3 rings (SSSR count). The van der Waals surface area contributed by atoms with Gasteiger partial charge in [-0.15, -0.1) is 0 Å². The van der Waals surface area contributed by atoms with Gasteiger partial charge in [0.25, 0.3) is 6.43 Å². The van der Waals surface area contributed by atoms with Gasteiger partial charge < -0.3 is 5.32 Å². The summed E-state index contributed by atoms with van der Waals surface area (Å²) >= 11 is 0. The number of rotatable bonds is 4. The van der Waals surface area contributed by atoms with Crippen molar-refractivity contribution in [1.82, 2.24) is 15.0 Å². The van der Waals surface area contributed by atoms with Crippen molar-refractivity contribution in [3.63, 3.8) is 0 Å². The Morgan fingerprint density at radius 1 is 1.00 bits per heavy atom. The first-order chi connectivity index (χ1) is 12.3. The van der Waals surface area contributed by atoms with Crippen molar-refractivity contribution in [3.05, 3.63) is 58.7 Å². The van der Waals surface area contributed by atoms with E-state index in [9.17, 15) is 17.6 Å². The molecule has 2 heterocycles. The van der Waals surface area contributed by atoms with Crippen LogP contribution in [0.4, 0.5) is 23.4 Å². The highest BCUT2D eigenvalue weighted by atomic mass is 19.3. The molecule has 0 amide bonds. The summed E-state index contributed by atoms with van der Waals surface area (Å²) in [6.45, 7) is 4.90. The molecule has 0 bridgehead atoms. The summed E-state index contributed by atoms with van der Waals surface area (Å²) in [5, 5.41) is 3.36. The number of halogens is 4. The molecular formula is C18H16F4N4. The van der Waals surface area contributed by atoms with E-state index in [2.05, 4.69) is 20.3 Å². The van der Waals surface area contributed by atoms with Crippen LogP contribution in [0.2, 0.25) is 0 Å². The zero-order valence-electron chi connectivity index (χ0n) is 14.3. The van der Waals surface area contributed by atoms with E-state index in [1.165, 1.54) is 18.2 Å². The number of nitrogens with zero attached hydrogens (tertiary/aromatic N) is 3. The predicted octanol–water partition coefficient (Wildman–Crippen LogP) is 5.03. The van der Waals surface area contributed by atoms with Crippen LogP contribution < -0.4 is 5.32 Å². The first-order valence-electron chi connectivity index (χ1n) is 7.92. The number of hydrogen-bond donors (Lipinski definition) is 1. The van der Waals surface area contributed by atoms with Crippen molar-refractivity contribution in [2.75, 3.05) is 5.32 Å². The Balaban J connectivity index is 2.06. The average molecular weight is 364 g/mol. The van der Waals surface area contributed by atoms with Crippen molar-refractivity contribution in [2.24, 2.45) is 0 Å². The van der Waals surface area contributed by atoms with Gasteiger partial charge in [0.05, 0.1) is 22.8 Å². The van der Waals surface area contributed by atoms with Gasteiger partial charge in [-0.2, -0.15) is 4.39 Å². The van der Waals surface area contributed by atoms with Crippen molar-refractivity contribution in [3.8, 4) is 0 Å². The Morgan fingerprint density at radius 3 is 2.38 bits per heavy atom. The van der Waals surface area contributed by atoms with Gasteiger partial charge in [0, 0.05) is 17.0 Å². The maximum Gasteiger partial charge on any atom is 0.266 e. The summed E-state index contributed by atoms with van der Waals surface area (Å²) in [5.74, 6) is -0.956. The molecule has 26 heavy (non-hydrogen) atoms. The number of aromatic nitrogens is 3. The predicted molar refractivity (Wildman–Crippen MR) is 90.2 cm³/mol. The molecule has 4 nitrogen and oxygen atoms in total. The lowest BCUT2D eigenvalue weighted by Crippen LogP contribution is -2.12. The molecule has 0 fully saturated rings. The number of anilines is 1. The Labute approximate surface area is 147 Å². The fraction of sp³-hybridized carbons (Fsp3) is 0.278. The summed E-state index contributed by atoms with van der Waals surface area (Å²) in [4.78, 5) is 12.2. The first kappa shape index (κ1) is 18.0. The summed E-state index contributed by atoms with van der Waals surface area (Å²) in [6.07, 6.45) is -2.91. The van der Waals surface area contributed by atoms with Crippen LogP contribution in [-0.4, -0.2) is 15.0 Å². The van der Waals surface area contributed by atoms with E-state index >= 15 is 0 Å². The molecule has 1 atom stereocenters. The van der Waals surface area contributed by atoms with E-state index in [1.54, 1.807) is 20.8 Å². The quantitative estimate of drug-likeness (QED) is 0.521. The molecular weight excluding hydrogens is 348 g/mol. The van der Waals surface area contributed by atoms with Gasteiger partial charge in [-0.05, 0) is 20.8 Å². The zero-order chi connectivity index (χ0) is 19.0. The summed E-state index contributed by atoms with van der Waals surface area (Å²) < 4.78 is 53.9. The standard InChI is InChI=1S/C18H16F4N4/c1-8(11-5-4-6-12(15(11)20)17(21)22)24-18-13-7-14(19)23-9(2)16(13)25-10(3)26-18/h4-8,17H,1-3H3,(H,24,25,26)/t8-/m1/s1. The van der Waals surface area contributed by atoms with Crippen LogP contribution in [0.5, 0.6) is 0 Å². The van der Waals surface area contributed by atoms with Gasteiger partial charge in [0.1, 0.15) is 17.5 Å². The lowest BCUT2D eigenvalue weighted by Gasteiger charge is -2.19. The number of aryl methyl sites for hydroxylation is 2. The first-order valence-corrected chi connectivity index (χ1v) is 7.92. The molecule has 136 valence electrons. The molecule has 0 aliphatic rings. The minimum absolute atomic E-state index is 0.0680. The second-order valence-corrected chi connectivity index (χ2v) is 5.96. The van der Waals surface area contributed by atoms with Crippen LogP contribution in [0, 0.1) is 25.6 Å². The molecule has 2 aromatic heterocycles. The molecule has 8 heteroatoms. The molecule has 0 saturated heterocycles. The Kier molecular flexibility index (Phi) is 4.76. The third-order valence-electron chi connectivity index (χ3n) is 4.05. The number of hydrogen-bond acceptors (Lipinski definition) is 4. The monoisotopic (exact) mass is 364 g/mol. The van der Waals surface area contributed by atoms with Crippen molar-refractivity contribution >= 4 is 16.7 Å². The van der Waals surface area contributed by atoms with Crippen LogP contribution >= 0.6 is 0 Å². The molecule has 0 spiro atoms. The summed E-state index contributed by atoms with van der Waals surface area (Å²) in [6, 6.07) is 4.34. The van der Waals surface area contributed by atoms with Crippen molar-refractivity contribution in [2.45, 2.75) is 33.2 Å². The smallest absolute Gasteiger partial charge is 0.266 e. The number of alkyl halides is 2. The number of benzene rings is 1. The molecule has 0 unspecified atom stereocenters. The molecule has 0 aliphatic carbocycles. The van der Waals surface area contributed by atoms with E-state index < -0.39 is 29.8 Å². The third kappa shape index (κ3) is 3.31. The Morgan fingerprint density at radius 2 is 1.69 bits per heavy atom. The largest absolute Gasteiger partial charge is 0.363 e. The van der Waals surface area contributed by atoms with Crippen LogP contribution in [-0.2, 0) is 0 Å². The van der Waals surface area contributed by atoms with E-state index in [1.807, 2.05) is 0 Å². The van der Waals surface area contributed by atoms with Crippen LogP contribution in [0.15, 0.2) is 24.3 Å². The number of pyridine rings is 1. The highest BCUT2D eigenvalue weighted by Crippen LogP contribution is 2.30. The van der Waals surface area contributed by atoms with Crippen molar-refractivity contribution < 1.29 is 17.6 Å². The summed E-state index contributed by atoms with van der Waals surface area (Å²) in [5.41, 5.74) is 0.270. The highest BCUT2D eigenvalue weighted by molar-refractivity contribution is 5.90. The fourth-order valence-corrected chi connectivity index (χ4v) is 2.82. The highest BCUT2D eigenvalue weighted by Gasteiger charge is 2.20. The molecule has 3 aromatic rings. The lowest BCUT2D eigenvalue weighted by atomic mass is 10.0. The summed E-state index contributed by atoms with van der Waals surface area (Å²) in [7, 11) is 0. The minimum atomic E-state index is -2.91. The average Bonchev–Trinajstić information content (AvgIpc) is 2.55. The van der Waals surface area contributed by atoms with Gasteiger partial charge in [0.15, 0.2) is 0 Å². The molecule has 0 radical (unpaired) electrons. The van der Waals surface area contributed by atoms with E-state index in [-0.39, 0.29) is 11.4 Å². The number of fused-ring (bicyclic) bond motifs is 1. The second kappa shape index (κ2) is 6.86. The Hall–Kier alpha value is -2.77. The van der Waals surface area contributed by atoms with Gasteiger partial charge in [-0.3, -0.25) is 0 Å². The molecule has 1 aromatic carbocycles. The zero-order valence-corrected chi connectivity index (χ0v) is 14.3. The van der Waals surface area contributed by atoms with Crippen LogP contribution in [0.3, 0.4) is 0 Å². The SMILES string of the molecule is Cc1nc(N[C@H](C)c2cccc(C(F)F)c2F)c2cc(F)nc(C)c2n1. The van der Waals surface area contributed by atoms with E-state index in [0.29, 0.717) is 22.4 Å². The van der Waals surface area contributed by atoms with Gasteiger partial charge in [-0.1, -0.05) is 18.2 Å². The van der Waals surface area contributed by atoms with Gasteiger partial charge in [0.2, 0.25) is 5.95 Å². The number of nitrogens with one attached hydrogen (secondary N) is 1.